The van der Waals surface area contributed by atoms with E-state index in [2.05, 4.69) is 10.6 Å². The molecule has 1 aromatic rings. The third-order valence-corrected chi connectivity index (χ3v) is 3.69. The van der Waals surface area contributed by atoms with Crippen molar-refractivity contribution in [1.29, 1.82) is 0 Å². The molecule has 22 heavy (non-hydrogen) atoms. The summed E-state index contributed by atoms with van der Waals surface area (Å²) in [6.45, 7) is 3.79. The molecule has 6 heteroatoms. The zero-order valence-electron chi connectivity index (χ0n) is 12.8. The minimum absolute atomic E-state index is 0.169. The predicted octanol–water partition coefficient (Wildman–Crippen LogP) is 2.50. The maximum atomic E-state index is 12.9. The Labute approximate surface area is 129 Å². The number of alkyl carbamates (subject to hydrolysis) is 1. The van der Waals surface area contributed by atoms with Crippen LogP contribution in [0.3, 0.4) is 0 Å². The lowest BCUT2D eigenvalue weighted by molar-refractivity contribution is -0.121. The van der Waals surface area contributed by atoms with Gasteiger partial charge >= 0.3 is 6.09 Å². The number of ketones is 1. The van der Waals surface area contributed by atoms with Crippen molar-refractivity contribution in [2.75, 3.05) is 11.9 Å². The van der Waals surface area contributed by atoms with Crippen LogP contribution in [0.25, 0.3) is 0 Å². The molecule has 0 aliphatic carbocycles. The number of carbonyl (C=O) groups is 3. The van der Waals surface area contributed by atoms with Crippen LogP contribution in [0.4, 0.5) is 10.5 Å². The van der Waals surface area contributed by atoms with Crippen LogP contribution in [-0.4, -0.2) is 29.9 Å². The number of benzene rings is 1. The van der Waals surface area contributed by atoms with E-state index in [0.29, 0.717) is 17.7 Å². The Morgan fingerprint density at radius 3 is 2.68 bits per heavy atom. The molecule has 1 aliphatic heterocycles. The van der Waals surface area contributed by atoms with E-state index >= 15 is 0 Å². The zero-order valence-corrected chi connectivity index (χ0v) is 12.8. The van der Waals surface area contributed by atoms with Crippen molar-refractivity contribution in [2.24, 2.45) is 0 Å². The third-order valence-electron chi connectivity index (χ3n) is 3.69. The Kier molecular flexibility index (Phi) is 4.80. The number of fused-ring (bicyclic) bond motifs is 1. The van der Waals surface area contributed by atoms with Crippen molar-refractivity contribution in [3.05, 3.63) is 29.8 Å². The molecule has 2 rings (SSSR count). The quantitative estimate of drug-likeness (QED) is 0.819. The molecule has 118 valence electrons. The van der Waals surface area contributed by atoms with E-state index in [1.54, 1.807) is 31.2 Å². The van der Waals surface area contributed by atoms with Crippen LogP contribution in [-0.2, 0) is 9.53 Å². The number of carbonyl (C=O) groups excluding carboxylic acids is 3. The summed E-state index contributed by atoms with van der Waals surface area (Å²) in [5.41, 5.74) is -0.735. The van der Waals surface area contributed by atoms with Gasteiger partial charge in [-0.1, -0.05) is 31.9 Å². The molecule has 0 aromatic heterocycles. The van der Waals surface area contributed by atoms with Gasteiger partial charge in [-0.15, -0.1) is 0 Å². The number of nitrogens with one attached hydrogen (secondary N) is 2. The Morgan fingerprint density at radius 1 is 1.27 bits per heavy atom. The fraction of sp³-hybridized carbons (Fsp3) is 0.438. The molecule has 0 radical (unpaired) electrons. The number of unbranched alkanes of at least 4 members (excludes halogenated alkanes) is 1. The number of hydrogen-bond acceptors (Lipinski definition) is 4. The first-order valence-electron chi connectivity index (χ1n) is 7.45. The fourth-order valence-corrected chi connectivity index (χ4v) is 2.54. The summed E-state index contributed by atoms with van der Waals surface area (Å²) in [6, 6.07) is 6.78. The first-order valence-corrected chi connectivity index (χ1v) is 7.45. The van der Waals surface area contributed by atoms with Gasteiger partial charge in [0.15, 0.2) is 11.3 Å². The number of para-hydroxylation sites is 1. The highest BCUT2D eigenvalue weighted by Crippen LogP contribution is 2.31. The fourth-order valence-electron chi connectivity index (χ4n) is 2.54. The second-order valence-corrected chi connectivity index (χ2v) is 5.18. The van der Waals surface area contributed by atoms with Crippen molar-refractivity contribution in [3.63, 3.8) is 0 Å². The number of hydrogen-bond donors (Lipinski definition) is 2. The highest BCUT2D eigenvalue weighted by molar-refractivity contribution is 6.28. The molecule has 0 fully saturated rings. The minimum Gasteiger partial charge on any atom is -0.450 e. The molecule has 0 saturated carbocycles. The Hall–Kier alpha value is -2.37. The Balaban J connectivity index is 2.41. The number of amides is 2. The summed E-state index contributed by atoms with van der Waals surface area (Å²) >= 11 is 0. The van der Waals surface area contributed by atoms with Gasteiger partial charge in [-0.25, -0.2) is 4.79 Å². The monoisotopic (exact) mass is 304 g/mol. The van der Waals surface area contributed by atoms with E-state index in [0.717, 1.165) is 6.42 Å². The van der Waals surface area contributed by atoms with Crippen LogP contribution in [0.5, 0.6) is 0 Å². The van der Waals surface area contributed by atoms with Gasteiger partial charge < -0.3 is 10.1 Å². The van der Waals surface area contributed by atoms with Gasteiger partial charge in [0.2, 0.25) is 0 Å². The first-order chi connectivity index (χ1) is 10.5. The molecular formula is C16H20N2O4. The van der Waals surface area contributed by atoms with E-state index in [1.807, 2.05) is 6.92 Å². The van der Waals surface area contributed by atoms with Gasteiger partial charge in [0.05, 0.1) is 12.3 Å². The summed E-state index contributed by atoms with van der Waals surface area (Å²) in [6.07, 6.45) is 0.908. The van der Waals surface area contributed by atoms with Gasteiger partial charge in [0.25, 0.3) is 5.91 Å². The summed E-state index contributed by atoms with van der Waals surface area (Å²) < 4.78 is 4.85. The second kappa shape index (κ2) is 6.60. The van der Waals surface area contributed by atoms with Crippen LogP contribution in [0, 0.1) is 0 Å². The summed E-state index contributed by atoms with van der Waals surface area (Å²) in [5, 5.41) is 5.19. The SMILES string of the molecule is CCCCC1(NC(=O)OCC)C(=O)Nc2ccccc2C1=O. The van der Waals surface area contributed by atoms with Crippen LogP contribution >= 0.6 is 0 Å². The van der Waals surface area contributed by atoms with Gasteiger partial charge in [-0.2, -0.15) is 0 Å². The van der Waals surface area contributed by atoms with Gasteiger partial charge in [0, 0.05) is 5.56 Å². The molecule has 0 bridgehead atoms. The molecule has 1 unspecified atom stereocenters. The molecule has 0 spiro atoms. The number of Topliss-reactive ketones (excluding diaryl/α,β-unsaturated/α-hetero) is 1. The van der Waals surface area contributed by atoms with Crippen molar-refractivity contribution < 1.29 is 19.1 Å². The van der Waals surface area contributed by atoms with Crippen LogP contribution in [0.1, 0.15) is 43.5 Å². The Morgan fingerprint density at radius 2 is 2.00 bits per heavy atom. The average Bonchev–Trinajstić information content (AvgIpc) is 2.50. The number of ether oxygens (including phenoxy) is 1. The normalized spacial score (nSPS) is 20.1. The maximum absolute atomic E-state index is 12.9. The van der Waals surface area contributed by atoms with Crippen molar-refractivity contribution >= 4 is 23.5 Å². The van der Waals surface area contributed by atoms with E-state index in [1.165, 1.54) is 0 Å². The maximum Gasteiger partial charge on any atom is 0.408 e. The lowest BCUT2D eigenvalue weighted by atomic mass is 9.80. The lowest BCUT2D eigenvalue weighted by Crippen LogP contribution is -2.64. The highest BCUT2D eigenvalue weighted by Gasteiger charge is 2.50. The van der Waals surface area contributed by atoms with Gasteiger partial charge in [-0.3, -0.25) is 14.9 Å². The van der Waals surface area contributed by atoms with Crippen molar-refractivity contribution in [3.8, 4) is 0 Å². The topological polar surface area (TPSA) is 84.5 Å². The van der Waals surface area contributed by atoms with E-state index in [-0.39, 0.29) is 13.0 Å². The first kappa shape index (κ1) is 16.0. The molecule has 0 saturated heterocycles. The number of anilines is 1. The molecule has 1 aliphatic rings. The van der Waals surface area contributed by atoms with E-state index < -0.39 is 23.3 Å². The van der Waals surface area contributed by atoms with E-state index in [9.17, 15) is 14.4 Å². The summed E-state index contributed by atoms with van der Waals surface area (Å²) in [5.74, 6) is -0.911. The van der Waals surface area contributed by atoms with Crippen LogP contribution < -0.4 is 10.6 Å². The third kappa shape index (κ3) is 2.81. The highest BCUT2D eigenvalue weighted by atomic mass is 16.5. The smallest absolute Gasteiger partial charge is 0.408 e. The molecule has 6 nitrogen and oxygen atoms in total. The molecular weight excluding hydrogens is 284 g/mol. The zero-order chi connectivity index (χ0) is 16.2. The summed E-state index contributed by atoms with van der Waals surface area (Å²) in [7, 11) is 0. The van der Waals surface area contributed by atoms with Crippen LogP contribution in [0.2, 0.25) is 0 Å². The molecule has 1 heterocycles. The van der Waals surface area contributed by atoms with Gasteiger partial charge in [0.1, 0.15) is 0 Å². The standard InChI is InChI=1S/C16H20N2O4/c1-3-5-10-16(18-15(21)22-4-2)13(19)11-8-6-7-9-12(11)17-14(16)20/h6-9H,3-5,10H2,1-2H3,(H,17,20)(H,18,21). The van der Waals surface area contributed by atoms with Crippen molar-refractivity contribution in [2.45, 2.75) is 38.6 Å². The molecule has 2 amide bonds. The lowest BCUT2D eigenvalue weighted by Gasteiger charge is -2.35. The van der Waals surface area contributed by atoms with E-state index in [4.69, 9.17) is 4.74 Å². The Bertz CT molecular complexity index is 600. The summed E-state index contributed by atoms with van der Waals surface area (Å²) in [4.78, 5) is 37.2. The average molecular weight is 304 g/mol. The predicted molar refractivity (Wildman–Crippen MR) is 81.8 cm³/mol. The largest absolute Gasteiger partial charge is 0.450 e. The number of rotatable bonds is 5. The van der Waals surface area contributed by atoms with Gasteiger partial charge in [-0.05, 0) is 25.5 Å². The van der Waals surface area contributed by atoms with Crippen LogP contribution in [0.15, 0.2) is 24.3 Å². The second-order valence-electron chi connectivity index (χ2n) is 5.18. The molecule has 2 N–H and O–H groups in total. The minimum atomic E-state index is -1.60. The molecule has 1 atom stereocenters. The van der Waals surface area contributed by atoms with Crippen molar-refractivity contribution in [1.82, 2.24) is 5.32 Å². The molecule has 1 aromatic carbocycles.